The lowest BCUT2D eigenvalue weighted by Crippen LogP contribution is -2.35. The summed E-state index contributed by atoms with van der Waals surface area (Å²) >= 11 is 12.8. The molecule has 1 aromatic heterocycles. The van der Waals surface area contributed by atoms with Crippen LogP contribution in [0.15, 0.2) is 42.5 Å². The minimum absolute atomic E-state index is 0.0512. The maximum absolute atomic E-state index is 12.7. The van der Waals surface area contributed by atoms with E-state index in [0.717, 1.165) is 29.6 Å². The lowest BCUT2D eigenvalue weighted by Gasteiger charge is -2.31. The van der Waals surface area contributed by atoms with Crippen molar-refractivity contribution >= 4 is 40.0 Å². The molecule has 3 aromatic rings. The van der Waals surface area contributed by atoms with Crippen LogP contribution in [0.25, 0.3) is 22.2 Å². The van der Waals surface area contributed by atoms with Gasteiger partial charge in [-0.1, -0.05) is 48.3 Å². The third-order valence-electron chi connectivity index (χ3n) is 5.99. The van der Waals surface area contributed by atoms with Crippen LogP contribution in [0, 0.1) is 0 Å². The molecule has 1 aliphatic heterocycles. The molecular formula is C23H24Cl2N2O. The fraction of sp³-hybridized carbons (Fsp3) is 0.348. The molecule has 0 bridgehead atoms. The predicted molar refractivity (Wildman–Crippen MR) is 117 cm³/mol. The molecule has 2 atom stereocenters. The minimum atomic E-state index is 0.0512. The molecule has 28 heavy (non-hydrogen) atoms. The minimum Gasteiger partial charge on any atom is -0.343 e. The molecule has 0 saturated carbocycles. The highest BCUT2D eigenvalue weighted by atomic mass is 35.5. The lowest BCUT2D eigenvalue weighted by molar-refractivity contribution is -0.131. The van der Waals surface area contributed by atoms with Gasteiger partial charge in [0.25, 0.3) is 0 Å². The number of hydrogen-bond acceptors (Lipinski definition) is 1. The van der Waals surface area contributed by atoms with Gasteiger partial charge in [0, 0.05) is 46.6 Å². The number of halogens is 2. The number of aromatic nitrogens is 1. The number of aryl methyl sites for hydroxylation is 1. The zero-order chi connectivity index (χ0) is 20.0. The van der Waals surface area contributed by atoms with E-state index < -0.39 is 0 Å². The summed E-state index contributed by atoms with van der Waals surface area (Å²) in [6, 6.07) is 14.3. The Morgan fingerprint density at radius 3 is 2.64 bits per heavy atom. The Bertz CT molecular complexity index is 1060. The van der Waals surface area contributed by atoms with E-state index in [0.29, 0.717) is 16.5 Å². The molecule has 0 radical (unpaired) electrons. The molecular weight excluding hydrogens is 391 g/mol. The topological polar surface area (TPSA) is 25.2 Å². The highest BCUT2D eigenvalue weighted by Crippen LogP contribution is 2.46. The van der Waals surface area contributed by atoms with Crippen LogP contribution in [0.2, 0.25) is 10.0 Å². The first-order valence-electron chi connectivity index (χ1n) is 9.78. The first-order valence-corrected chi connectivity index (χ1v) is 10.5. The summed E-state index contributed by atoms with van der Waals surface area (Å²) < 4.78 is 2.19. The Morgan fingerprint density at radius 1 is 1.18 bits per heavy atom. The van der Waals surface area contributed by atoms with E-state index in [1.165, 1.54) is 10.9 Å². The third-order valence-corrected chi connectivity index (χ3v) is 6.53. The molecule has 1 aliphatic rings. The second-order valence-electron chi connectivity index (χ2n) is 7.58. The summed E-state index contributed by atoms with van der Waals surface area (Å²) in [7, 11) is 2.07. The van der Waals surface area contributed by atoms with Gasteiger partial charge in [0.05, 0.1) is 16.8 Å². The van der Waals surface area contributed by atoms with Crippen LogP contribution in [0.4, 0.5) is 0 Å². The third kappa shape index (κ3) is 3.01. The summed E-state index contributed by atoms with van der Waals surface area (Å²) in [4.78, 5) is 14.8. The Kier molecular flexibility index (Phi) is 5.15. The van der Waals surface area contributed by atoms with Crippen LogP contribution >= 0.6 is 23.2 Å². The van der Waals surface area contributed by atoms with Crippen molar-refractivity contribution in [1.82, 2.24) is 9.47 Å². The van der Waals surface area contributed by atoms with Gasteiger partial charge < -0.3 is 9.47 Å². The molecule has 1 saturated heterocycles. The monoisotopic (exact) mass is 414 g/mol. The number of likely N-dealkylation sites (tertiary alicyclic amines) is 1. The number of nitrogens with zero attached hydrogens (tertiary/aromatic N) is 2. The van der Waals surface area contributed by atoms with Crippen molar-refractivity contribution in [3.05, 3.63) is 58.1 Å². The van der Waals surface area contributed by atoms with Gasteiger partial charge in [-0.3, -0.25) is 4.79 Å². The number of hydrogen-bond donors (Lipinski definition) is 0. The van der Waals surface area contributed by atoms with Crippen molar-refractivity contribution in [2.75, 3.05) is 0 Å². The SMILES string of the molecule is CC[C@@H](C)N1C(=O)CC[C@@H]1c1c(-c2ccc(Cl)cc2Cl)n(C)c2ccccc12. The average molecular weight is 415 g/mol. The number of amides is 1. The molecule has 0 N–H and O–H groups in total. The van der Waals surface area contributed by atoms with E-state index in [2.05, 4.69) is 48.6 Å². The van der Waals surface area contributed by atoms with Gasteiger partial charge >= 0.3 is 0 Å². The maximum atomic E-state index is 12.7. The van der Waals surface area contributed by atoms with E-state index >= 15 is 0 Å². The van der Waals surface area contributed by atoms with Crippen LogP contribution in [-0.4, -0.2) is 21.4 Å². The first kappa shape index (κ1) is 19.4. The van der Waals surface area contributed by atoms with Crippen molar-refractivity contribution in [3.63, 3.8) is 0 Å². The van der Waals surface area contributed by atoms with Gasteiger partial charge in [0.15, 0.2) is 0 Å². The molecule has 0 aliphatic carbocycles. The van der Waals surface area contributed by atoms with E-state index in [4.69, 9.17) is 23.2 Å². The molecule has 146 valence electrons. The van der Waals surface area contributed by atoms with E-state index in [9.17, 15) is 4.79 Å². The fourth-order valence-corrected chi connectivity index (χ4v) is 5.00. The number of fused-ring (bicyclic) bond motifs is 1. The zero-order valence-electron chi connectivity index (χ0n) is 16.4. The zero-order valence-corrected chi connectivity index (χ0v) is 17.9. The first-order chi connectivity index (χ1) is 13.4. The van der Waals surface area contributed by atoms with Crippen molar-refractivity contribution in [3.8, 4) is 11.3 Å². The number of rotatable bonds is 4. The predicted octanol–water partition coefficient (Wildman–Crippen LogP) is 6.61. The van der Waals surface area contributed by atoms with Gasteiger partial charge in [0.2, 0.25) is 5.91 Å². The van der Waals surface area contributed by atoms with Crippen molar-refractivity contribution in [2.45, 2.75) is 45.2 Å². The van der Waals surface area contributed by atoms with Gasteiger partial charge in [-0.15, -0.1) is 0 Å². The van der Waals surface area contributed by atoms with Gasteiger partial charge in [-0.25, -0.2) is 0 Å². The molecule has 3 nitrogen and oxygen atoms in total. The van der Waals surface area contributed by atoms with Crippen LogP contribution in [0.1, 0.15) is 44.7 Å². The Balaban J connectivity index is 2.01. The number of carbonyl (C=O) groups is 1. The fourth-order valence-electron chi connectivity index (χ4n) is 4.50. The quantitative estimate of drug-likeness (QED) is 0.470. The van der Waals surface area contributed by atoms with Gasteiger partial charge in [0.1, 0.15) is 0 Å². The molecule has 5 heteroatoms. The molecule has 1 amide bonds. The number of carbonyl (C=O) groups excluding carboxylic acids is 1. The summed E-state index contributed by atoms with van der Waals surface area (Å²) in [5.74, 6) is 0.237. The Hall–Kier alpha value is -1.97. The number of para-hydroxylation sites is 1. The maximum Gasteiger partial charge on any atom is 0.223 e. The van der Waals surface area contributed by atoms with E-state index in [1.807, 2.05) is 18.2 Å². The largest absolute Gasteiger partial charge is 0.343 e. The molecule has 2 heterocycles. The molecule has 4 rings (SSSR count). The molecule has 0 spiro atoms. The summed E-state index contributed by atoms with van der Waals surface area (Å²) in [6.07, 6.45) is 2.35. The van der Waals surface area contributed by atoms with Crippen LogP contribution < -0.4 is 0 Å². The average Bonchev–Trinajstić information content (AvgIpc) is 3.19. The van der Waals surface area contributed by atoms with Crippen LogP contribution in [0.5, 0.6) is 0 Å². The molecule has 2 aromatic carbocycles. The van der Waals surface area contributed by atoms with Crippen molar-refractivity contribution in [1.29, 1.82) is 0 Å². The standard InChI is InChI=1S/C23H24Cl2N2O/c1-4-14(2)27-20(11-12-21(27)28)22-17-7-5-6-8-19(17)26(3)23(22)16-10-9-15(24)13-18(16)25/h5-10,13-14,20H,4,11-12H2,1-3H3/t14-,20-/m1/s1. The van der Waals surface area contributed by atoms with E-state index in [1.54, 1.807) is 6.07 Å². The summed E-state index contributed by atoms with van der Waals surface area (Å²) in [5, 5.41) is 2.42. The van der Waals surface area contributed by atoms with Crippen molar-refractivity contribution in [2.24, 2.45) is 7.05 Å². The summed E-state index contributed by atoms with van der Waals surface area (Å²) in [5.41, 5.74) is 4.34. The smallest absolute Gasteiger partial charge is 0.223 e. The van der Waals surface area contributed by atoms with Gasteiger partial charge in [-0.2, -0.15) is 0 Å². The van der Waals surface area contributed by atoms with Crippen LogP contribution in [0.3, 0.4) is 0 Å². The Labute approximate surface area is 175 Å². The Morgan fingerprint density at radius 2 is 1.93 bits per heavy atom. The number of benzene rings is 2. The lowest BCUT2D eigenvalue weighted by atomic mass is 9.96. The summed E-state index contributed by atoms with van der Waals surface area (Å²) in [6.45, 7) is 4.27. The van der Waals surface area contributed by atoms with Crippen LogP contribution in [-0.2, 0) is 11.8 Å². The molecule has 1 fully saturated rings. The second kappa shape index (κ2) is 7.46. The molecule has 0 unspecified atom stereocenters. The normalized spacial score (nSPS) is 18.2. The highest BCUT2D eigenvalue weighted by Gasteiger charge is 2.38. The second-order valence-corrected chi connectivity index (χ2v) is 8.42. The van der Waals surface area contributed by atoms with Crippen molar-refractivity contribution < 1.29 is 4.79 Å². The van der Waals surface area contributed by atoms with E-state index in [-0.39, 0.29) is 18.0 Å². The highest BCUT2D eigenvalue weighted by molar-refractivity contribution is 6.36. The van der Waals surface area contributed by atoms with Gasteiger partial charge in [-0.05, 0) is 44.0 Å².